The largest absolute Gasteiger partial charge is 0.465 e. The number of hydrogen-bond acceptors (Lipinski definition) is 4. The van der Waals surface area contributed by atoms with Gasteiger partial charge in [-0.1, -0.05) is 6.07 Å². The minimum atomic E-state index is -0.633. The van der Waals surface area contributed by atoms with Crippen molar-refractivity contribution in [1.82, 2.24) is 5.32 Å². The Hall–Kier alpha value is -3.35. The molecule has 7 heteroatoms. The molecule has 0 aliphatic heterocycles. The van der Waals surface area contributed by atoms with Gasteiger partial charge in [0.05, 0.1) is 12.8 Å². The average Bonchev–Trinajstić information content (AvgIpc) is 3.04. The molecule has 0 aliphatic rings. The molecular weight excluding hydrogens is 298 g/mol. The molecule has 0 saturated heterocycles. The van der Waals surface area contributed by atoms with Gasteiger partial charge in [0.1, 0.15) is 5.76 Å². The summed E-state index contributed by atoms with van der Waals surface area (Å²) < 4.78 is 5.07. The standard InChI is InChI=1S/C16H15N3O4/c17-14(20)10-18-16(22)11-3-1-4-12(9-11)19-15(21)7-6-13-5-2-8-23-13/h1-9H,10H2,(H2,17,20)(H,18,22)(H,19,21)/b7-6+. The number of nitrogens with two attached hydrogens (primary N) is 1. The Morgan fingerprint density at radius 3 is 2.70 bits per heavy atom. The summed E-state index contributed by atoms with van der Waals surface area (Å²) in [6, 6.07) is 9.74. The quantitative estimate of drug-likeness (QED) is 0.694. The van der Waals surface area contributed by atoms with Crippen LogP contribution in [0.3, 0.4) is 0 Å². The van der Waals surface area contributed by atoms with E-state index in [0.29, 0.717) is 17.0 Å². The number of nitrogens with one attached hydrogen (secondary N) is 2. The molecule has 4 N–H and O–H groups in total. The SMILES string of the molecule is NC(=O)CNC(=O)c1cccc(NC(=O)/C=C/c2ccco2)c1. The zero-order chi connectivity index (χ0) is 16.7. The van der Waals surface area contributed by atoms with Gasteiger partial charge in [-0.2, -0.15) is 0 Å². The van der Waals surface area contributed by atoms with Crippen molar-refractivity contribution in [2.24, 2.45) is 5.73 Å². The molecule has 118 valence electrons. The molecule has 3 amide bonds. The summed E-state index contributed by atoms with van der Waals surface area (Å²) in [7, 11) is 0. The second kappa shape index (κ2) is 7.60. The van der Waals surface area contributed by atoms with Crippen LogP contribution < -0.4 is 16.4 Å². The van der Waals surface area contributed by atoms with Crippen molar-refractivity contribution in [2.75, 3.05) is 11.9 Å². The maximum Gasteiger partial charge on any atom is 0.251 e. The highest BCUT2D eigenvalue weighted by molar-refractivity contribution is 6.03. The van der Waals surface area contributed by atoms with Gasteiger partial charge in [0.15, 0.2) is 0 Å². The lowest BCUT2D eigenvalue weighted by atomic mass is 10.2. The fraction of sp³-hybridized carbons (Fsp3) is 0.0625. The van der Waals surface area contributed by atoms with Crippen molar-refractivity contribution in [3.8, 4) is 0 Å². The molecule has 0 unspecified atom stereocenters. The number of furan rings is 1. The van der Waals surface area contributed by atoms with E-state index < -0.39 is 11.8 Å². The Morgan fingerprint density at radius 1 is 1.17 bits per heavy atom. The molecule has 0 saturated carbocycles. The van der Waals surface area contributed by atoms with Crippen LogP contribution in [0, 0.1) is 0 Å². The third-order valence-corrected chi connectivity index (χ3v) is 2.76. The van der Waals surface area contributed by atoms with Crippen molar-refractivity contribution in [3.63, 3.8) is 0 Å². The van der Waals surface area contributed by atoms with Gasteiger partial charge in [-0.25, -0.2) is 0 Å². The van der Waals surface area contributed by atoms with Crippen LogP contribution in [0.25, 0.3) is 6.08 Å². The van der Waals surface area contributed by atoms with Gasteiger partial charge in [-0.3, -0.25) is 14.4 Å². The Labute approximate surface area is 132 Å². The highest BCUT2D eigenvalue weighted by atomic mass is 16.3. The van der Waals surface area contributed by atoms with Crippen LogP contribution in [0.4, 0.5) is 5.69 Å². The van der Waals surface area contributed by atoms with E-state index in [1.807, 2.05) is 0 Å². The molecule has 2 aromatic rings. The Kier molecular flexibility index (Phi) is 5.30. The van der Waals surface area contributed by atoms with E-state index in [2.05, 4.69) is 10.6 Å². The first-order valence-corrected chi connectivity index (χ1v) is 6.74. The van der Waals surface area contributed by atoms with Crippen LogP contribution in [-0.4, -0.2) is 24.3 Å². The molecule has 1 aromatic heterocycles. The van der Waals surface area contributed by atoms with Crippen LogP contribution in [0.15, 0.2) is 53.2 Å². The van der Waals surface area contributed by atoms with Gasteiger partial charge < -0.3 is 20.8 Å². The van der Waals surface area contributed by atoms with Crippen molar-refractivity contribution in [1.29, 1.82) is 0 Å². The second-order valence-corrected chi connectivity index (χ2v) is 4.57. The number of carbonyl (C=O) groups excluding carboxylic acids is 3. The Bertz CT molecular complexity index is 736. The lowest BCUT2D eigenvalue weighted by Gasteiger charge is -2.06. The first-order chi connectivity index (χ1) is 11.0. The topological polar surface area (TPSA) is 114 Å². The average molecular weight is 313 g/mol. The lowest BCUT2D eigenvalue weighted by molar-refractivity contribution is -0.117. The Morgan fingerprint density at radius 2 is 2.00 bits per heavy atom. The number of carbonyl (C=O) groups is 3. The zero-order valence-corrected chi connectivity index (χ0v) is 12.1. The van der Waals surface area contributed by atoms with E-state index in [1.165, 1.54) is 24.5 Å². The summed E-state index contributed by atoms with van der Waals surface area (Å²) in [4.78, 5) is 34.3. The van der Waals surface area contributed by atoms with Gasteiger partial charge in [-0.15, -0.1) is 0 Å². The van der Waals surface area contributed by atoms with E-state index in [9.17, 15) is 14.4 Å². The predicted octanol–water partition coefficient (Wildman–Crippen LogP) is 1.15. The van der Waals surface area contributed by atoms with Gasteiger partial charge >= 0.3 is 0 Å². The first-order valence-electron chi connectivity index (χ1n) is 6.74. The number of rotatable bonds is 6. The van der Waals surface area contributed by atoms with Crippen LogP contribution in [0.5, 0.6) is 0 Å². The smallest absolute Gasteiger partial charge is 0.251 e. The van der Waals surface area contributed by atoms with Crippen molar-refractivity contribution >= 4 is 29.5 Å². The molecule has 1 heterocycles. The monoisotopic (exact) mass is 313 g/mol. The molecule has 0 aliphatic carbocycles. The zero-order valence-electron chi connectivity index (χ0n) is 12.1. The maximum absolute atomic E-state index is 11.8. The molecule has 1 aromatic carbocycles. The van der Waals surface area contributed by atoms with Gasteiger partial charge in [-0.05, 0) is 36.4 Å². The van der Waals surface area contributed by atoms with Gasteiger partial charge in [0, 0.05) is 17.3 Å². The minimum absolute atomic E-state index is 0.249. The molecule has 0 fully saturated rings. The second-order valence-electron chi connectivity index (χ2n) is 4.57. The highest BCUT2D eigenvalue weighted by Gasteiger charge is 2.07. The van der Waals surface area contributed by atoms with Crippen LogP contribution in [-0.2, 0) is 9.59 Å². The van der Waals surface area contributed by atoms with Crippen LogP contribution in [0.1, 0.15) is 16.1 Å². The van der Waals surface area contributed by atoms with E-state index in [4.69, 9.17) is 10.2 Å². The summed E-state index contributed by atoms with van der Waals surface area (Å²) in [5, 5.41) is 5.00. The minimum Gasteiger partial charge on any atom is -0.465 e. The number of benzene rings is 1. The number of primary amides is 1. The van der Waals surface area contributed by atoms with E-state index >= 15 is 0 Å². The lowest BCUT2D eigenvalue weighted by Crippen LogP contribution is -2.33. The summed E-state index contributed by atoms with van der Waals surface area (Å²) in [5.74, 6) is -0.896. The summed E-state index contributed by atoms with van der Waals surface area (Å²) in [6.45, 7) is -0.249. The molecule has 0 bridgehead atoms. The fourth-order valence-electron chi connectivity index (χ4n) is 1.74. The summed E-state index contributed by atoms with van der Waals surface area (Å²) in [5.41, 5.74) is 5.72. The number of hydrogen-bond donors (Lipinski definition) is 3. The van der Waals surface area contributed by atoms with E-state index in [-0.39, 0.29) is 12.5 Å². The molecule has 2 rings (SSSR count). The first kappa shape index (κ1) is 16.0. The van der Waals surface area contributed by atoms with Crippen LogP contribution >= 0.6 is 0 Å². The van der Waals surface area contributed by atoms with Crippen molar-refractivity contribution in [3.05, 3.63) is 60.1 Å². The van der Waals surface area contributed by atoms with E-state index in [1.54, 1.807) is 30.3 Å². The number of anilines is 1. The summed E-state index contributed by atoms with van der Waals surface area (Å²) in [6.07, 6.45) is 4.35. The molecular formula is C16H15N3O4. The normalized spacial score (nSPS) is 10.4. The molecule has 0 atom stereocenters. The van der Waals surface area contributed by atoms with Gasteiger partial charge in [0.25, 0.3) is 5.91 Å². The third kappa shape index (κ3) is 5.16. The van der Waals surface area contributed by atoms with E-state index in [0.717, 1.165) is 0 Å². The molecule has 7 nitrogen and oxygen atoms in total. The van der Waals surface area contributed by atoms with Gasteiger partial charge in [0.2, 0.25) is 11.8 Å². The predicted molar refractivity (Wildman–Crippen MR) is 84.3 cm³/mol. The van der Waals surface area contributed by atoms with Crippen molar-refractivity contribution < 1.29 is 18.8 Å². The molecule has 0 radical (unpaired) electrons. The summed E-state index contributed by atoms with van der Waals surface area (Å²) >= 11 is 0. The maximum atomic E-state index is 11.8. The number of amides is 3. The molecule has 23 heavy (non-hydrogen) atoms. The van der Waals surface area contributed by atoms with Crippen LogP contribution in [0.2, 0.25) is 0 Å². The molecule has 0 spiro atoms. The highest BCUT2D eigenvalue weighted by Crippen LogP contribution is 2.11. The Balaban J connectivity index is 1.98. The fourth-order valence-corrected chi connectivity index (χ4v) is 1.74. The van der Waals surface area contributed by atoms with Crippen molar-refractivity contribution in [2.45, 2.75) is 0 Å². The third-order valence-electron chi connectivity index (χ3n) is 2.76.